The first-order valence-corrected chi connectivity index (χ1v) is 6.74. The first-order chi connectivity index (χ1) is 7.92. The summed E-state index contributed by atoms with van der Waals surface area (Å²) < 4.78 is 0. The van der Waals surface area contributed by atoms with Gasteiger partial charge in [-0.05, 0) is 38.5 Å². The Balaban J connectivity index is 2.28. The van der Waals surface area contributed by atoms with E-state index < -0.39 is 11.5 Å². The van der Waals surface area contributed by atoms with Crippen LogP contribution in [0.15, 0.2) is 0 Å². The molecule has 0 aliphatic heterocycles. The summed E-state index contributed by atoms with van der Waals surface area (Å²) in [5.41, 5.74) is 6.56. The van der Waals surface area contributed by atoms with Crippen molar-refractivity contribution in [2.75, 3.05) is 0 Å². The minimum atomic E-state index is -0.904. The van der Waals surface area contributed by atoms with Crippen molar-refractivity contribution in [1.29, 1.82) is 0 Å². The minimum Gasteiger partial charge on any atom is -0.477 e. The van der Waals surface area contributed by atoms with Crippen LogP contribution >= 0.6 is 11.3 Å². The summed E-state index contributed by atoms with van der Waals surface area (Å²) in [4.78, 5) is 15.7. The van der Waals surface area contributed by atoms with Crippen LogP contribution in [0.5, 0.6) is 0 Å². The molecule has 17 heavy (non-hydrogen) atoms. The summed E-state index contributed by atoms with van der Waals surface area (Å²) >= 11 is 1.24. The molecule has 0 spiro atoms. The quantitative estimate of drug-likeness (QED) is 0.850. The molecule has 3 N–H and O–H groups in total. The van der Waals surface area contributed by atoms with Crippen LogP contribution in [0.1, 0.15) is 53.0 Å². The number of aromatic nitrogens is 1. The zero-order chi connectivity index (χ0) is 12.6. The molecule has 2 rings (SSSR count). The molecule has 4 nitrogen and oxygen atoms in total. The predicted molar refractivity (Wildman–Crippen MR) is 67.3 cm³/mol. The summed E-state index contributed by atoms with van der Waals surface area (Å²) in [5, 5.41) is 9.82. The highest BCUT2D eigenvalue weighted by Gasteiger charge is 2.35. The van der Waals surface area contributed by atoms with E-state index in [1.807, 2.05) is 0 Å². The third-order valence-corrected chi connectivity index (χ3v) is 4.95. The van der Waals surface area contributed by atoms with Gasteiger partial charge in [-0.2, -0.15) is 0 Å². The summed E-state index contributed by atoms with van der Waals surface area (Å²) in [6, 6.07) is 0. The van der Waals surface area contributed by atoms with Crippen LogP contribution in [0.2, 0.25) is 0 Å². The first-order valence-electron chi connectivity index (χ1n) is 5.92. The van der Waals surface area contributed by atoms with Crippen molar-refractivity contribution in [1.82, 2.24) is 4.98 Å². The van der Waals surface area contributed by atoms with Crippen molar-refractivity contribution in [2.45, 2.75) is 45.1 Å². The summed E-state index contributed by atoms with van der Waals surface area (Å²) in [5.74, 6) is -0.189. The normalized spacial score (nSPS) is 29.2. The topological polar surface area (TPSA) is 76.2 Å². The Morgan fingerprint density at radius 3 is 2.59 bits per heavy atom. The number of aryl methyl sites for hydroxylation is 1. The standard InChI is InChI=1S/C12H18N2O2S/c1-7-3-5-12(13,6-4-7)11-14-8(2)9(17-11)10(15)16/h7H,3-6,13H2,1-2H3,(H,15,16). The summed E-state index contributed by atoms with van der Waals surface area (Å²) in [6.45, 7) is 3.97. The molecule has 1 fully saturated rings. The molecule has 94 valence electrons. The lowest BCUT2D eigenvalue weighted by Crippen LogP contribution is -2.40. The fourth-order valence-corrected chi connectivity index (χ4v) is 3.36. The molecule has 0 saturated heterocycles. The number of hydrogen-bond acceptors (Lipinski definition) is 4. The Kier molecular flexibility index (Phi) is 3.23. The number of carbonyl (C=O) groups is 1. The predicted octanol–water partition coefficient (Wildman–Crippen LogP) is 2.51. The molecule has 1 saturated carbocycles. The van der Waals surface area contributed by atoms with E-state index in [-0.39, 0.29) is 0 Å². The molecule has 1 aliphatic rings. The minimum absolute atomic E-state index is 0.323. The molecule has 0 aromatic carbocycles. The van der Waals surface area contributed by atoms with Gasteiger partial charge in [0.2, 0.25) is 0 Å². The third kappa shape index (κ3) is 2.35. The SMILES string of the molecule is Cc1nc(C2(N)CCC(C)CC2)sc1C(=O)O. The average molecular weight is 254 g/mol. The summed E-state index contributed by atoms with van der Waals surface area (Å²) in [6.07, 6.45) is 4.00. The molecule has 0 amide bonds. The number of rotatable bonds is 2. The van der Waals surface area contributed by atoms with Gasteiger partial charge in [0.1, 0.15) is 9.88 Å². The van der Waals surface area contributed by atoms with Gasteiger partial charge in [-0.3, -0.25) is 0 Å². The Morgan fingerprint density at radius 1 is 1.53 bits per heavy atom. The van der Waals surface area contributed by atoms with E-state index in [4.69, 9.17) is 10.8 Å². The highest BCUT2D eigenvalue weighted by Crippen LogP contribution is 2.39. The molecular weight excluding hydrogens is 236 g/mol. The fraction of sp³-hybridized carbons (Fsp3) is 0.667. The number of nitrogens with zero attached hydrogens (tertiary/aromatic N) is 1. The highest BCUT2D eigenvalue weighted by molar-refractivity contribution is 7.13. The number of carboxylic acid groups (broad SMARTS) is 1. The Labute approximate surface area is 105 Å². The average Bonchev–Trinajstić information content (AvgIpc) is 2.66. The van der Waals surface area contributed by atoms with E-state index in [9.17, 15) is 4.79 Å². The maximum atomic E-state index is 11.0. The van der Waals surface area contributed by atoms with Gasteiger partial charge < -0.3 is 10.8 Å². The zero-order valence-electron chi connectivity index (χ0n) is 10.2. The van der Waals surface area contributed by atoms with Crippen LogP contribution in [0, 0.1) is 12.8 Å². The molecule has 0 bridgehead atoms. The molecule has 1 aromatic rings. The van der Waals surface area contributed by atoms with Crippen molar-refractivity contribution >= 4 is 17.3 Å². The number of hydrogen-bond donors (Lipinski definition) is 2. The van der Waals surface area contributed by atoms with E-state index in [0.29, 0.717) is 16.5 Å². The monoisotopic (exact) mass is 254 g/mol. The lowest BCUT2D eigenvalue weighted by atomic mass is 9.78. The largest absolute Gasteiger partial charge is 0.477 e. The highest BCUT2D eigenvalue weighted by atomic mass is 32.1. The van der Waals surface area contributed by atoms with Gasteiger partial charge in [0.25, 0.3) is 0 Å². The molecular formula is C12H18N2O2S. The Hall–Kier alpha value is -0.940. The van der Waals surface area contributed by atoms with Gasteiger partial charge in [-0.25, -0.2) is 9.78 Å². The van der Waals surface area contributed by atoms with Crippen LogP contribution in [0.25, 0.3) is 0 Å². The second kappa shape index (κ2) is 4.38. The van der Waals surface area contributed by atoms with Gasteiger partial charge in [0.15, 0.2) is 0 Å². The smallest absolute Gasteiger partial charge is 0.347 e. The molecule has 0 unspecified atom stereocenters. The fourth-order valence-electron chi connectivity index (χ4n) is 2.30. The molecule has 1 aromatic heterocycles. The Morgan fingerprint density at radius 2 is 2.12 bits per heavy atom. The number of thiazole rings is 1. The maximum Gasteiger partial charge on any atom is 0.347 e. The van der Waals surface area contributed by atoms with E-state index in [1.54, 1.807) is 6.92 Å². The van der Waals surface area contributed by atoms with Gasteiger partial charge in [-0.1, -0.05) is 6.92 Å². The van der Waals surface area contributed by atoms with Crippen LogP contribution < -0.4 is 5.73 Å². The molecule has 1 aliphatic carbocycles. The second-order valence-corrected chi connectivity index (χ2v) is 6.08. The van der Waals surface area contributed by atoms with Crippen LogP contribution in [-0.2, 0) is 5.54 Å². The number of aromatic carboxylic acids is 1. The number of carboxylic acids is 1. The lowest BCUT2D eigenvalue weighted by Gasteiger charge is -2.34. The lowest BCUT2D eigenvalue weighted by molar-refractivity contribution is 0.0701. The van der Waals surface area contributed by atoms with Gasteiger partial charge in [-0.15, -0.1) is 11.3 Å². The molecule has 0 radical (unpaired) electrons. The summed E-state index contributed by atoms with van der Waals surface area (Å²) in [7, 11) is 0. The van der Waals surface area contributed by atoms with Crippen molar-refractivity contribution in [3.05, 3.63) is 15.6 Å². The van der Waals surface area contributed by atoms with Gasteiger partial charge in [0, 0.05) is 0 Å². The molecule has 0 atom stereocenters. The Bertz CT molecular complexity index is 434. The maximum absolute atomic E-state index is 11.0. The first kappa shape index (κ1) is 12.5. The van der Waals surface area contributed by atoms with Crippen molar-refractivity contribution in [3.63, 3.8) is 0 Å². The zero-order valence-corrected chi connectivity index (χ0v) is 11.0. The van der Waals surface area contributed by atoms with Crippen LogP contribution in [-0.4, -0.2) is 16.1 Å². The van der Waals surface area contributed by atoms with Crippen molar-refractivity contribution in [3.8, 4) is 0 Å². The van der Waals surface area contributed by atoms with E-state index in [0.717, 1.165) is 30.7 Å². The van der Waals surface area contributed by atoms with Crippen molar-refractivity contribution < 1.29 is 9.90 Å². The second-order valence-electron chi connectivity index (χ2n) is 5.08. The third-order valence-electron chi connectivity index (χ3n) is 3.58. The van der Waals surface area contributed by atoms with Gasteiger partial charge >= 0.3 is 5.97 Å². The number of nitrogens with two attached hydrogens (primary N) is 1. The van der Waals surface area contributed by atoms with Crippen molar-refractivity contribution in [2.24, 2.45) is 11.7 Å². The van der Waals surface area contributed by atoms with Gasteiger partial charge in [0.05, 0.1) is 11.2 Å². The van der Waals surface area contributed by atoms with Crippen LogP contribution in [0.3, 0.4) is 0 Å². The van der Waals surface area contributed by atoms with E-state index in [1.165, 1.54) is 11.3 Å². The van der Waals surface area contributed by atoms with E-state index >= 15 is 0 Å². The molecule has 1 heterocycles. The molecule has 5 heteroatoms. The van der Waals surface area contributed by atoms with Crippen LogP contribution in [0.4, 0.5) is 0 Å². The van der Waals surface area contributed by atoms with E-state index in [2.05, 4.69) is 11.9 Å².